The van der Waals surface area contributed by atoms with Crippen LogP contribution in [0.5, 0.6) is 0 Å². The number of thiazole rings is 1. The molecule has 1 N–H and O–H groups in total. The number of amides is 1. The van der Waals surface area contributed by atoms with Crippen molar-refractivity contribution in [1.82, 2.24) is 9.55 Å². The van der Waals surface area contributed by atoms with Crippen LogP contribution in [0.15, 0.2) is 76.2 Å². The van der Waals surface area contributed by atoms with E-state index in [1.54, 1.807) is 59.9 Å². The number of carbonyl (C=O) groups excluding carboxylic acids is 2. The fourth-order valence-electron chi connectivity index (χ4n) is 3.96. The van der Waals surface area contributed by atoms with E-state index >= 15 is 0 Å². The van der Waals surface area contributed by atoms with Crippen LogP contribution in [-0.2, 0) is 16.6 Å². The van der Waals surface area contributed by atoms with Gasteiger partial charge in [-0.3, -0.25) is 14.9 Å². The first kappa shape index (κ1) is 24.9. The van der Waals surface area contributed by atoms with Crippen LogP contribution in [0.25, 0.3) is 32.5 Å². The Kier molecular flexibility index (Phi) is 6.92. The summed E-state index contributed by atoms with van der Waals surface area (Å²) in [5.41, 5.74) is 1.66. The molecule has 186 valence electrons. The van der Waals surface area contributed by atoms with E-state index in [0.717, 1.165) is 10.6 Å². The Morgan fingerprint density at radius 2 is 1.76 bits per heavy atom. The van der Waals surface area contributed by atoms with Crippen molar-refractivity contribution in [2.75, 3.05) is 5.32 Å². The average molecular weight is 550 g/mol. The van der Waals surface area contributed by atoms with Crippen molar-refractivity contribution >= 4 is 62.1 Å². The minimum absolute atomic E-state index is 0.0416. The number of benzene rings is 2. The lowest BCUT2D eigenvalue weighted by Gasteiger charge is -2.18. The SMILES string of the molecule is CC(OC(=O)c1c(-c2ccc(Cl)cc2)c2ccccc2c(=O)n1C)C(=O)Nc1nc(-c2cccs2)cs1. The molecule has 3 heterocycles. The molecule has 0 aliphatic carbocycles. The number of aromatic nitrogens is 2. The summed E-state index contributed by atoms with van der Waals surface area (Å²) in [6, 6.07) is 17.9. The van der Waals surface area contributed by atoms with Gasteiger partial charge in [-0.1, -0.05) is 48.0 Å². The fourth-order valence-corrected chi connectivity index (χ4v) is 5.56. The number of thiophene rings is 1. The molecule has 3 aromatic heterocycles. The third kappa shape index (κ3) is 4.93. The first-order valence-corrected chi connectivity index (χ1v) is 13.4. The Morgan fingerprint density at radius 1 is 1.03 bits per heavy atom. The number of hydrogen-bond donors (Lipinski definition) is 1. The van der Waals surface area contributed by atoms with Crippen LogP contribution >= 0.6 is 34.3 Å². The Labute approximate surface area is 224 Å². The highest BCUT2D eigenvalue weighted by Gasteiger charge is 2.27. The summed E-state index contributed by atoms with van der Waals surface area (Å²) in [6.07, 6.45) is -1.14. The number of rotatable bonds is 6. The van der Waals surface area contributed by atoms with Gasteiger partial charge in [0.2, 0.25) is 0 Å². The van der Waals surface area contributed by atoms with Gasteiger partial charge in [0.05, 0.1) is 10.6 Å². The second kappa shape index (κ2) is 10.3. The molecule has 0 spiro atoms. The molecule has 0 aliphatic heterocycles. The number of fused-ring (bicyclic) bond motifs is 1. The lowest BCUT2D eigenvalue weighted by atomic mass is 9.96. The Balaban J connectivity index is 1.45. The average Bonchev–Trinajstić information content (AvgIpc) is 3.59. The molecule has 0 aliphatic rings. The molecule has 0 bridgehead atoms. The largest absolute Gasteiger partial charge is 0.448 e. The molecule has 2 aromatic carbocycles. The minimum Gasteiger partial charge on any atom is -0.448 e. The van der Waals surface area contributed by atoms with Crippen LogP contribution in [0.1, 0.15) is 17.4 Å². The third-order valence-electron chi connectivity index (χ3n) is 5.79. The summed E-state index contributed by atoms with van der Waals surface area (Å²) < 4.78 is 6.82. The normalized spacial score (nSPS) is 11.9. The number of anilines is 1. The zero-order valence-electron chi connectivity index (χ0n) is 19.7. The monoisotopic (exact) mass is 549 g/mol. The zero-order valence-corrected chi connectivity index (χ0v) is 22.1. The summed E-state index contributed by atoms with van der Waals surface area (Å²) in [4.78, 5) is 44.8. The number of ether oxygens (including phenoxy) is 1. The van der Waals surface area contributed by atoms with E-state index in [2.05, 4.69) is 10.3 Å². The highest BCUT2D eigenvalue weighted by Crippen LogP contribution is 2.32. The van der Waals surface area contributed by atoms with Crippen molar-refractivity contribution in [3.8, 4) is 21.7 Å². The summed E-state index contributed by atoms with van der Waals surface area (Å²) >= 11 is 8.92. The molecule has 1 amide bonds. The predicted octanol–water partition coefficient (Wildman–Crippen LogP) is 6.23. The summed E-state index contributed by atoms with van der Waals surface area (Å²) in [7, 11) is 1.51. The smallest absolute Gasteiger partial charge is 0.356 e. The Morgan fingerprint density at radius 3 is 2.46 bits per heavy atom. The third-order valence-corrected chi connectivity index (χ3v) is 7.69. The molecular formula is C27H20ClN3O4S2. The van der Waals surface area contributed by atoms with Gasteiger partial charge in [0.15, 0.2) is 11.2 Å². The predicted molar refractivity (Wildman–Crippen MR) is 149 cm³/mol. The Bertz CT molecular complexity index is 1670. The quantitative estimate of drug-likeness (QED) is 0.254. The number of carbonyl (C=O) groups is 2. The molecule has 0 fully saturated rings. The van der Waals surface area contributed by atoms with Crippen molar-refractivity contribution in [2.45, 2.75) is 13.0 Å². The van der Waals surface area contributed by atoms with E-state index in [9.17, 15) is 14.4 Å². The number of hydrogen-bond acceptors (Lipinski definition) is 7. The van der Waals surface area contributed by atoms with Crippen LogP contribution < -0.4 is 10.9 Å². The maximum atomic E-state index is 13.4. The summed E-state index contributed by atoms with van der Waals surface area (Å²) in [6.45, 7) is 1.47. The van der Waals surface area contributed by atoms with Crippen LogP contribution in [0.2, 0.25) is 5.02 Å². The highest BCUT2D eigenvalue weighted by molar-refractivity contribution is 7.16. The van der Waals surface area contributed by atoms with Gasteiger partial charge in [0.1, 0.15) is 5.69 Å². The Hall–Kier alpha value is -3.79. The molecule has 1 unspecified atom stereocenters. The molecule has 0 saturated carbocycles. The van der Waals surface area contributed by atoms with E-state index < -0.39 is 18.0 Å². The van der Waals surface area contributed by atoms with Crippen LogP contribution in [0, 0.1) is 0 Å². The van der Waals surface area contributed by atoms with Gasteiger partial charge in [-0.15, -0.1) is 22.7 Å². The second-order valence-corrected chi connectivity index (χ2v) is 10.4. The van der Waals surface area contributed by atoms with E-state index in [1.165, 1.54) is 29.9 Å². The van der Waals surface area contributed by atoms with Crippen LogP contribution in [0.4, 0.5) is 5.13 Å². The van der Waals surface area contributed by atoms with E-state index in [0.29, 0.717) is 32.1 Å². The number of halogens is 1. The van der Waals surface area contributed by atoms with E-state index in [1.807, 2.05) is 22.9 Å². The van der Waals surface area contributed by atoms with Crippen molar-refractivity contribution < 1.29 is 14.3 Å². The summed E-state index contributed by atoms with van der Waals surface area (Å²) in [5.74, 6) is -1.32. The lowest BCUT2D eigenvalue weighted by Crippen LogP contribution is -2.32. The molecule has 1 atom stereocenters. The van der Waals surface area contributed by atoms with Gasteiger partial charge in [0, 0.05) is 28.4 Å². The summed E-state index contributed by atoms with van der Waals surface area (Å²) in [5, 5.41) is 8.50. The number of nitrogens with one attached hydrogen (secondary N) is 1. The second-order valence-electron chi connectivity index (χ2n) is 8.19. The van der Waals surface area contributed by atoms with Gasteiger partial charge in [0.25, 0.3) is 11.5 Å². The van der Waals surface area contributed by atoms with Crippen LogP contribution in [-0.4, -0.2) is 27.5 Å². The number of nitrogens with zero attached hydrogens (tertiary/aromatic N) is 2. The molecule has 5 aromatic rings. The molecule has 0 saturated heterocycles. The zero-order chi connectivity index (χ0) is 26.1. The minimum atomic E-state index is -1.14. The van der Waals surface area contributed by atoms with Gasteiger partial charge >= 0.3 is 5.97 Å². The first-order valence-electron chi connectivity index (χ1n) is 11.2. The molecule has 7 nitrogen and oxygen atoms in total. The fraction of sp³-hybridized carbons (Fsp3) is 0.111. The van der Waals surface area contributed by atoms with Gasteiger partial charge in [-0.05, 0) is 47.5 Å². The van der Waals surface area contributed by atoms with E-state index in [-0.39, 0.29) is 11.3 Å². The molecule has 0 radical (unpaired) electrons. The maximum Gasteiger partial charge on any atom is 0.356 e. The van der Waals surface area contributed by atoms with Crippen molar-refractivity contribution in [3.05, 3.63) is 92.5 Å². The molecular weight excluding hydrogens is 530 g/mol. The number of pyridine rings is 1. The van der Waals surface area contributed by atoms with Gasteiger partial charge < -0.3 is 9.30 Å². The number of esters is 1. The molecule has 37 heavy (non-hydrogen) atoms. The van der Waals surface area contributed by atoms with Gasteiger partial charge in [-0.2, -0.15) is 0 Å². The maximum absolute atomic E-state index is 13.4. The van der Waals surface area contributed by atoms with Crippen molar-refractivity contribution in [1.29, 1.82) is 0 Å². The van der Waals surface area contributed by atoms with E-state index in [4.69, 9.17) is 16.3 Å². The standard InChI is InChI=1S/C27H20ClN3O4S2/c1-15(24(32)30-27-29-20(14-37-27)21-8-5-13-36-21)35-26(34)23-22(16-9-11-17(28)12-10-16)18-6-3-4-7-19(18)25(33)31(23)2/h3-15H,1-2H3,(H,29,30,32). The van der Waals surface area contributed by atoms with Gasteiger partial charge in [-0.25, -0.2) is 9.78 Å². The molecule has 5 rings (SSSR count). The van der Waals surface area contributed by atoms with Crippen molar-refractivity contribution in [3.63, 3.8) is 0 Å². The lowest BCUT2D eigenvalue weighted by molar-refractivity contribution is -0.123. The highest BCUT2D eigenvalue weighted by atomic mass is 35.5. The molecule has 10 heteroatoms. The van der Waals surface area contributed by atoms with Crippen LogP contribution in [0.3, 0.4) is 0 Å². The first-order chi connectivity index (χ1) is 17.8. The topological polar surface area (TPSA) is 90.3 Å². The van der Waals surface area contributed by atoms with Crippen molar-refractivity contribution in [2.24, 2.45) is 7.05 Å².